The van der Waals surface area contributed by atoms with Gasteiger partial charge in [0.25, 0.3) is 5.91 Å². The van der Waals surface area contributed by atoms with Gasteiger partial charge in [0.05, 0.1) is 14.6 Å². The van der Waals surface area contributed by atoms with Crippen molar-refractivity contribution in [3.8, 4) is 0 Å². The van der Waals surface area contributed by atoms with Gasteiger partial charge in [-0.1, -0.05) is 6.92 Å². The summed E-state index contributed by atoms with van der Waals surface area (Å²) in [4.78, 5) is 18.5. The fourth-order valence-corrected chi connectivity index (χ4v) is 4.43. The van der Waals surface area contributed by atoms with Crippen LogP contribution < -0.4 is 5.32 Å². The molecular formula is C13H14N2OS2. The van der Waals surface area contributed by atoms with E-state index in [4.69, 9.17) is 0 Å². The normalized spacial score (nSPS) is 26.5. The van der Waals surface area contributed by atoms with E-state index in [1.807, 2.05) is 6.07 Å². The zero-order valence-electron chi connectivity index (χ0n) is 10.1. The molecule has 2 fully saturated rings. The lowest BCUT2D eigenvalue weighted by atomic mass is 10.4. The third-order valence-corrected chi connectivity index (χ3v) is 6.00. The first-order valence-corrected chi connectivity index (χ1v) is 8.05. The molecule has 2 aliphatic rings. The predicted molar refractivity (Wildman–Crippen MR) is 74.5 cm³/mol. The Labute approximate surface area is 113 Å². The Kier molecular flexibility index (Phi) is 2.29. The fraction of sp³-hybridized carbons (Fsp3) is 0.538. The van der Waals surface area contributed by atoms with Crippen molar-refractivity contribution in [1.29, 1.82) is 0 Å². The van der Waals surface area contributed by atoms with Gasteiger partial charge in [-0.3, -0.25) is 4.79 Å². The Morgan fingerprint density at radius 2 is 2.22 bits per heavy atom. The van der Waals surface area contributed by atoms with Gasteiger partial charge in [0.2, 0.25) is 0 Å². The highest BCUT2D eigenvalue weighted by atomic mass is 32.1. The highest BCUT2D eigenvalue weighted by Gasteiger charge is 2.34. The number of thiophene rings is 1. The summed E-state index contributed by atoms with van der Waals surface area (Å²) in [5.41, 5.74) is 0. The number of carbonyl (C=O) groups is 1. The van der Waals surface area contributed by atoms with Gasteiger partial charge in [-0.05, 0) is 31.2 Å². The molecule has 2 aliphatic carbocycles. The van der Waals surface area contributed by atoms with Gasteiger partial charge in [-0.2, -0.15) is 0 Å². The molecule has 0 saturated heterocycles. The van der Waals surface area contributed by atoms with Crippen molar-refractivity contribution in [3.63, 3.8) is 0 Å². The molecule has 2 atom stereocenters. The highest BCUT2D eigenvalue weighted by Crippen LogP contribution is 2.44. The van der Waals surface area contributed by atoms with Crippen LogP contribution in [-0.2, 0) is 0 Å². The lowest BCUT2D eigenvalue weighted by molar-refractivity contribution is 0.0953. The molecule has 4 rings (SSSR count). The number of thiazole rings is 1. The topological polar surface area (TPSA) is 42.0 Å². The largest absolute Gasteiger partial charge is 0.348 e. The molecule has 1 N–H and O–H groups in total. The Morgan fingerprint density at radius 1 is 1.44 bits per heavy atom. The van der Waals surface area contributed by atoms with Crippen LogP contribution in [0.3, 0.4) is 0 Å². The molecule has 94 valence electrons. The maximum Gasteiger partial charge on any atom is 0.261 e. The minimum atomic E-state index is 0.0764. The minimum absolute atomic E-state index is 0.0764. The van der Waals surface area contributed by atoms with Gasteiger partial charge in [0.15, 0.2) is 0 Å². The monoisotopic (exact) mass is 278 g/mol. The van der Waals surface area contributed by atoms with E-state index in [1.165, 1.54) is 33.9 Å². The zero-order chi connectivity index (χ0) is 12.3. The molecule has 0 radical (unpaired) electrons. The maximum absolute atomic E-state index is 12.0. The first kappa shape index (κ1) is 10.9. The minimum Gasteiger partial charge on any atom is -0.348 e. The summed E-state index contributed by atoms with van der Waals surface area (Å²) >= 11 is 3.29. The Morgan fingerprint density at radius 3 is 2.83 bits per heavy atom. The van der Waals surface area contributed by atoms with Crippen LogP contribution in [0.2, 0.25) is 0 Å². The van der Waals surface area contributed by atoms with E-state index in [1.54, 1.807) is 11.3 Å². The summed E-state index contributed by atoms with van der Waals surface area (Å²) in [6.07, 6.45) is 3.69. The molecule has 18 heavy (non-hydrogen) atoms. The lowest BCUT2D eigenvalue weighted by Gasteiger charge is -1.99. The van der Waals surface area contributed by atoms with E-state index in [0.717, 1.165) is 16.1 Å². The summed E-state index contributed by atoms with van der Waals surface area (Å²) in [6.45, 7) is 2.17. The number of carbonyl (C=O) groups excluding carboxylic acids is 1. The second kappa shape index (κ2) is 3.78. The molecule has 2 heterocycles. The fourth-order valence-electron chi connectivity index (χ4n) is 2.13. The molecule has 0 aliphatic heterocycles. The number of nitrogens with zero attached hydrogens (tertiary/aromatic N) is 1. The van der Waals surface area contributed by atoms with Crippen molar-refractivity contribution < 1.29 is 4.79 Å². The Hall–Kier alpha value is -0.940. The van der Waals surface area contributed by atoms with Crippen LogP contribution in [0.1, 0.15) is 46.8 Å². The number of nitrogens with one attached hydrogen (secondary N) is 1. The van der Waals surface area contributed by atoms with Crippen LogP contribution >= 0.6 is 22.7 Å². The third-order valence-electron chi connectivity index (χ3n) is 3.68. The van der Waals surface area contributed by atoms with Crippen LogP contribution in [0.4, 0.5) is 0 Å². The van der Waals surface area contributed by atoms with Crippen LogP contribution in [0, 0.1) is 5.92 Å². The number of hydrogen-bond acceptors (Lipinski definition) is 4. The first-order chi connectivity index (χ1) is 8.70. The average molecular weight is 278 g/mol. The van der Waals surface area contributed by atoms with Gasteiger partial charge < -0.3 is 5.32 Å². The number of rotatable bonds is 3. The summed E-state index contributed by atoms with van der Waals surface area (Å²) in [5, 5.41) is 4.33. The first-order valence-electron chi connectivity index (χ1n) is 6.42. The van der Waals surface area contributed by atoms with Gasteiger partial charge in [-0.25, -0.2) is 4.98 Å². The third kappa shape index (κ3) is 1.86. The van der Waals surface area contributed by atoms with E-state index in [2.05, 4.69) is 17.2 Å². The molecule has 1 amide bonds. The Bertz CT molecular complexity index is 595. The molecule has 2 saturated carbocycles. The number of fused-ring (bicyclic) bond motifs is 1. The van der Waals surface area contributed by atoms with E-state index in [-0.39, 0.29) is 5.91 Å². The second-order valence-electron chi connectivity index (χ2n) is 5.40. The van der Waals surface area contributed by atoms with Crippen molar-refractivity contribution in [2.24, 2.45) is 5.92 Å². The summed E-state index contributed by atoms with van der Waals surface area (Å²) in [5.74, 6) is 1.43. The van der Waals surface area contributed by atoms with Crippen molar-refractivity contribution in [1.82, 2.24) is 10.3 Å². The second-order valence-corrected chi connectivity index (χ2v) is 7.49. The van der Waals surface area contributed by atoms with Gasteiger partial charge >= 0.3 is 0 Å². The van der Waals surface area contributed by atoms with E-state index >= 15 is 0 Å². The molecule has 0 spiro atoms. The molecule has 0 bridgehead atoms. The van der Waals surface area contributed by atoms with Crippen LogP contribution in [-0.4, -0.2) is 16.9 Å². The van der Waals surface area contributed by atoms with E-state index in [9.17, 15) is 4.79 Å². The van der Waals surface area contributed by atoms with Crippen molar-refractivity contribution in [2.45, 2.75) is 38.1 Å². The zero-order valence-corrected chi connectivity index (χ0v) is 11.7. The van der Waals surface area contributed by atoms with Gasteiger partial charge in [-0.15, -0.1) is 22.7 Å². The number of aromatic nitrogens is 1. The van der Waals surface area contributed by atoms with Gasteiger partial charge in [0, 0.05) is 12.0 Å². The molecule has 0 aromatic carbocycles. The maximum atomic E-state index is 12.0. The van der Waals surface area contributed by atoms with Crippen LogP contribution in [0.15, 0.2) is 6.07 Å². The molecule has 5 heteroatoms. The molecule has 2 aromatic rings. The van der Waals surface area contributed by atoms with Crippen LogP contribution in [0.5, 0.6) is 0 Å². The predicted octanol–water partition coefficient (Wildman–Crippen LogP) is 3.37. The average Bonchev–Trinajstić information content (AvgIpc) is 3.19. The van der Waals surface area contributed by atoms with E-state index in [0.29, 0.717) is 17.9 Å². The molecular weight excluding hydrogens is 264 g/mol. The summed E-state index contributed by atoms with van der Waals surface area (Å²) < 4.78 is 1.18. The quantitative estimate of drug-likeness (QED) is 0.935. The summed E-state index contributed by atoms with van der Waals surface area (Å²) in [7, 11) is 0. The van der Waals surface area contributed by atoms with Crippen molar-refractivity contribution in [3.05, 3.63) is 16.0 Å². The smallest absolute Gasteiger partial charge is 0.261 e. The molecule has 0 unspecified atom stereocenters. The lowest BCUT2D eigenvalue weighted by Crippen LogP contribution is -2.25. The molecule has 3 nitrogen and oxygen atoms in total. The standard InChI is InChI=1S/C13H14N2OS2/c1-6-4-8(6)14-11(16)9-5-10-13(17-9)15-12(18-10)7-2-3-7/h5-8H,2-4H2,1H3,(H,14,16)/t6-,8-/m0/s1. The van der Waals surface area contributed by atoms with Crippen molar-refractivity contribution in [2.75, 3.05) is 0 Å². The van der Waals surface area contributed by atoms with Gasteiger partial charge in [0.1, 0.15) is 4.83 Å². The number of amides is 1. The Balaban J connectivity index is 1.57. The number of hydrogen-bond donors (Lipinski definition) is 1. The highest BCUT2D eigenvalue weighted by molar-refractivity contribution is 7.28. The SMILES string of the molecule is C[C@H]1C[C@@H]1NC(=O)c1cc2sc(C3CC3)nc2s1. The van der Waals surface area contributed by atoms with Crippen molar-refractivity contribution >= 4 is 38.1 Å². The summed E-state index contributed by atoms with van der Waals surface area (Å²) in [6, 6.07) is 2.40. The van der Waals surface area contributed by atoms with E-state index < -0.39 is 0 Å². The van der Waals surface area contributed by atoms with Crippen LogP contribution in [0.25, 0.3) is 9.53 Å². The molecule has 2 aromatic heterocycles.